The van der Waals surface area contributed by atoms with Crippen molar-refractivity contribution in [3.63, 3.8) is 0 Å². The molecule has 2 aromatic rings. The normalized spacial score (nSPS) is 17.1. The molecule has 1 unspecified atom stereocenters. The molecule has 1 aliphatic heterocycles. The maximum Gasteiger partial charge on any atom is 0.119 e. The number of hydrogen-bond acceptors (Lipinski definition) is 3. The van der Waals surface area contributed by atoms with E-state index in [1.807, 2.05) is 24.3 Å². The van der Waals surface area contributed by atoms with Crippen LogP contribution < -0.4 is 15.4 Å². The first kappa shape index (κ1) is 13.3. The predicted octanol–water partition coefficient (Wildman–Crippen LogP) is 3.37. The van der Waals surface area contributed by atoms with Crippen molar-refractivity contribution in [2.45, 2.75) is 12.6 Å². The Kier molecular flexibility index (Phi) is 3.55. The van der Waals surface area contributed by atoms with Crippen molar-refractivity contribution < 1.29 is 4.74 Å². The number of benzene rings is 2. The lowest BCUT2D eigenvalue weighted by atomic mass is 10.1. The average molecular weight is 289 g/mol. The Hall–Kier alpha value is -1.71. The molecule has 3 nitrogen and oxygen atoms in total. The summed E-state index contributed by atoms with van der Waals surface area (Å²) < 4.78 is 5.20. The van der Waals surface area contributed by atoms with Gasteiger partial charge in [0, 0.05) is 23.8 Å². The molecule has 1 heterocycles. The first-order chi connectivity index (χ1) is 9.72. The van der Waals surface area contributed by atoms with E-state index in [0.29, 0.717) is 6.54 Å². The van der Waals surface area contributed by atoms with E-state index in [2.05, 4.69) is 23.1 Å². The van der Waals surface area contributed by atoms with Gasteiger partial charge in [0.1, 0.15) is 5.75 Å². The van der Waals surface area contributed by atoms with Crippen molar-refractivity contribution in [3.8, 4) is 5.75 Å². The minimum Gasteiger partial charge on any atom is -0.497 e. The number of halogens is 1. The van der Waals surface area contributed by atoms with E-state index in [1.54, 1.807) is 7.11 Å². The Morgan fingerprint density at radius 1 is 1.25 bits per heavy atom. The molecule has 4 heteroatoms. The molecule has 0 radical (unpaired) electrons. The van der Waals surface area contributed by atoms with Gasteiger partial charge in [-0.25, -0.2) is 0 Å². The second-order valence-corrected chi connectivity index (χ2v) is 5.36. The zero-order valence-corrected chi connectivity index (χ0v) is 12.1. The number of nitrogens with two attached hydrogens (primary N) is 1. The standard InChI is InChI=1S/C16H17ClN2O/c1-20-14-6-4-13(5-7-14)19-10-11-2-3-12(17)8-15(11)16(19)9-18/h2-8,16H,9-10,18H2,1H3. The monoisotopic (exact) mass is 288 g/mol. The minimum atomic E-state index is 0.178. The third-order valence-corrected chi connectivity index (χ3v) is 4.05. The second kappa shape index (κ2) is 5.35. The van der Waals surface area contributed by atoms with Crippen LogP contribution in [-0.2, 0) is 6.54 Å². The molecule has 0 saturated carbocycles. The molecular formula is C16H17ClN2O. The number of nitrogens with zero attached hydrogens (tertiary/aromatic N) is 1. The van der Waals surface area contributed by atoms with E-state index in [0.717, 1.165) is 23.0 Å². The fourth-order valence-electron chi connectivity index (χ4n) is 2.78. The van der Waals surface area contributed by atoms with E-state index in [4.69, 9.17) is 22.1 Å². The van der Waals surface area contributed by atoms with E-state index in [1.165, 1.54) is 11.1 Å². The molecule has 0 amide bonds. The van der Waals surface area contributed by atoms with Crippen molar-refractivity contribution in [2.24, 2.45) is 5.73 Å². The van der Waals surface area contributed by atoms with Gasteiger partial charge in [-0.1, -0.05) is 17.7 Å². The molecule has 1 atom stereocenters. The molecule has 0 fully saturated rings. The minimum absolute atomic E-state index is 0.178. The zero-order valence-electron chi connectivity index (χ0n) is 11.3. The quantitative estimate of drug-likeness (QED) is 0.941. The predicted molar refractivity (Wildman–Crippen MR) is 82.4 cm³/mol. The van der Waals surface area contributed by atoms with Crippen LogP contribution in [0.25, 0.3) is 0 Å². The highest BCUT2D eigenvalue weighted by Crippen LogP contribution is 2.38. The molecular weight excluding hydrogens is 272 g/mol. The van der Waals surface area contributed by atoms with Gasteiger partial charge in [-0.2, -0.15) is 0 Å². The third kappa shape index (κ3) is 2.23. The smallest absolute Gasteiger partial charge is 0.119 e. The summed E-state index contributed by atoms with van der Waals surface area (Å²) in [6.45, 7) is 1.43. The van der Waals surface area contributed by atoms with Crippen LogP contribution in [0.15, 0.2) is 42.5 Å². The van der Waals surface area contributed by atoms with E-state index < -0.39 is 0 Å². The molecule has 2 N–H and O–H groups in total. The number of methoxy groups -OCH3 is 1. The maximum absolute atomic E-state index is 6.10. The lowest BCUT2D eigenvalue weighted by molar-refractivity contribution is 0.415. The first-order valence-corrected chi connectivity index (χ1v) is 7.00. The molecule has 2 aromatic carbocycles. The van der Waals surface area contributed by atoms with Crippen LogP contribution in [0.4, 0.5) is 5.69 Å². The number of fused-ring (bicyclic) bond motifs is 1. The number of hydrogen-bond donors (Lipinski definition) is 1. The van der Waals surface area contributed by atoms with Gasteiger partial charge in [-0.15, -0.1) is 0 Å². The van der Waals surface area contributed by atoms with Gasteiger partial charge in [0.05, 0.1) is 13.2 Å². The summed E-state index contributed by atoms with van der Waals surface area (Å²) in [6, 6.07) is 14.3. The number of ether oxygens (including phenoxy) is 1. The SMILES string of the molecule is COc1ccc(N2Cc3ccc(Cl)cc3C2CN)cc1. The van der Waals surface area contributed by atoms with Gasteiger partial charge >= 0.3 is 0 Å². The third-order valence-electron chi connectivity index (χ3n) is 3.81. The average Bonchev–Trinajstić information content (AvgIpc) is 2.85. The fourth-order valence-corrected chi connectivity index (χ4v) is 2.96. The van der Waals surface area contributed by atoms with Crippen molar-refractivity contribution in [1.82, 2.24) is 0 Å². The van der Waals surface area contributed by atoms with Crippen LogP contribution in [0.1, 0.15) is 17.2 Å². The summed E-state index contributed by atoms with van der Waals surface area (Å²) in [7, 11) is 1.67. The summed E-state index contributed by atoms with van der Waals surface area (Å²) in [5.41, 5.74) is 9.64. The summed E-state index contributed by atoms with van der Waals surface area (Å²) in [5.74, 6) is 0.859. The van der Waals surface area contributed by atoms with Crippen LogP contribution >= 0.6 is 11.6 Å². The molecule has 104 valence electrons. The van der Waals surface area contributed by atoms with Gasteiger partial charge in [0.25, 0.3) is 0 Å². The van der Waals surface area contributed by atoms with Gasteiger partial charge < -0.3 is 15.4 Å². The van der Waals surface area contributed by atoms with E-state index in [-0.39, 0.29) is 6.04 Å². The van der Waals surface area contributed by atoms with E-state index >= 15 is 0 Å². The van der Waals surface area contributed by atoms with Crippen LogP contribution in [0.2, 0.25) is 5.02 Å². The Bertz CT molecular complexity index is 612. The highest BCUT2D eigenvalue weighted by atomic mass is 35.5. The largest absolute Gasteiger partial charge is 0.497 e. The molecule has 0 spiro atoms. The molecule has 0 bridgehead atoms. The van der Waals surface area contributed by atoms with Crippen molar-refractivity contribution in [3.05, 3.63) is 58.6 Å². The lowest BCUT2D eigenvalue weighted by Crippen LogP contribution is -2.27. The second-order valence-electron chi connectivity index (χ2n) is 4.92. The van der Waals surface area contributed by atoms with Gasteiger partial charge in [0.15, 0.2) is 0 Å². The number of anilines is 1. The molecule has 0 aliphatic carbocycles. The van der Waals surface area contributed by atoms with Crippen LogP contribution in [0.3, 0.4) is 0 Å². The molecule has 3 rings (SSSR count). The lowest BCUT2D eigenvalue weighted by Gasteiger charge is -2.26. The maximum atomic E-state index is 6.10. The van der Waals surface area contributed by atoms with Gasteiger partial charge in [0.2, 0.25) is 0 Å². The summed E-state index contributed by atoms with van der Waals surface area (Å²) in [6.07, 6.45) is 0. The zero-order chi connectivity index (χ0) is 14.1. The first-order valence-electron chi connectivity index (χ1n) is 6.62. The van der Waals surface area contributed by atoms with Crippen LogP contribution in [0.5, 0.6) is 5.75 Å². The summed E-state index contributed by atoms with van der Waals surface area (Å²) in [5, 5.41) is 0.763. The Morgan fingerprint density at radius 2 is 2.00 bits per heavy atom. The van der Waals surface area contributed by atoms with E-state index in [9.17, 15) is 0 Å². The Labute approximate surface area is 123 Å². The fraction of sp³-hybridized carbons (Fsp3) is 0.250. The summed E-state index contributed by atoms with van der Waals surface area (Å²) >= 11 is 6.10. The summed E-state index contributed by atoms with van der Waals surface area (Å²) in [4.78, 5) is 2.31. The van der Waals surface area contributed by atoms with Crippen LogP contribution in [-0.4, -0.2) is 13.7 Å². The Morgan fingerprint density at radius 3 is 2.65 bits per heavy atom. The molecule has 20 heavy (non-hydrogen) atoms. The van der Waals surface area contributed by atoms with Crippen molar-refractivity contribution >= 4 is 17.3 Å². The topological polar surface area (TPSA) is 38.5 Å². The highest BCUT2D eigenvalue weighted by Gasteiger charge is 2.29. The molecule has 0 saturated heterocycles. The number of rotatable bonds is 3. The van der Waals surface area contributed by atoms with Crippen LogP contribution in [0, 0.1) is 0 Å². The molecule has 0 aromatic heterocycles. The Balaban J connectivity index is 1.95. The van der Waals surface area contributed by atoms with Crippen molar-refractivity contribution in [2.75, 3.05) is 18.6 Å². The van der Waals surface area contributed by atoms with Crippen molar-refractivity contribution in [1.29, 1.82) is 0 Å². The van der Waals surface area contributed by atoms with Gasteiger partial charge in [-0.3, -0.25) is 0 Å². The highest BCUT2D eigenvalue weighted by molar-refractivity contribution is 6.30. The van der Waals surface area contributed by atoms with Gasteiger partial charge in [-0.05, 0) is 47.5 Å². The molecule has 1 aliphatic rings.